The van der Waals surface area contributed by atoms with Crippen LogP contribution in [0.15, 0.2) is 85.2 Å². The van der Waals surface area contributed by atoms with Crippen molar-refractivity contribution < 1.29 is 4.79 Å². The molecule has 3 aromatic carbocycles. The van der Waals surface area contributed by atoms with Gasteiger partial charge in [0.25, 0.3) is 0 Å². The third kappa shape index (κ3) is 3.35. The number of carbonyl (C=O) groups is 1. The second-order valence-electron chi connectivity index (χ2n) is 6.14. The molecule has 26 heavy (non-hydrogen) atoms. The van der Waals surface area contributed by atoms with E-state index >= 15 is 0 Å². The number of hydrogen-bond acceptors (Lipinski definition) is 2. The second-order valence-corrected chi connectivity index (χ2v) is 6.14. The number of anilines is 1. The number of aryl methyl sites for hydroxylation is 1. The molecule has 4 rings (SSSR count). The quantitative estimate of drug-likeness (QED) is 0.570. The van der Waals surface area contributed by atoms with Gasteiger partial charge >= 0.3 is 0 Å². The van der Waals surface area contributed by atoms with Crippen LogP contribution in [-0.4, -0.2) is 15.5 Å². The highest BCUT2D eigenvalue weighted by molar-refractivity contribution is 5.95. The van der Waals surface area contributed by atoms with Crippen LogP contribution < -0.4 is 5.32 Å². The Morgan fingerprint density at radius 3 is 2.50 bits per heavy atom. The minimum absolute atomic E-state index is 0.00818. The molecule has 1 heterocycles. The third-order valence-corrected chi connectivity index (χ3v) is 4.39. The SMILES string of the molecule is O=C(CCn1cnc2ccccc21)Nc1ccccc1-c1ccccc1. The van der Waals surface area contributed by atoms with Gasteiger partial charge < -0.3 is 9.88 Å². The summed E-state index contributed by atoms with van der Waals surface area (Å²) < 4.78 is 2.01. The molecule has 128 valence electrons. The Morgan fingerprint density at radius 2 is 1.62 bits per heavy atom. The maximum Gasteiger partial charge on any atom is 0.226 e. The van der Waals surface area contributed by atoms with E-state index in [0.29, 0.717) is 13.0 Å². The number of nitrogens with one attached hydrogen (secondary N) is 1. The Labute approximate surface area is 152 Å². The smallest absolute Gasteiger partial charge is 0.226 e. The molecular formula is C22H19N3O. The fourth-order valence-electron chi connectivity index (χ4n) is 3.08. The Bertz CT molecular complexity index is 1040. The first-order chi connectivity index (χ1) is 12.8. The number of carbonyl (C=O) groups excluding carboxylic acids is 1. The van der Waals surface area contributed by atoms with E-state index in [-0.39, 0.29) is 5.91 Å². The normalized spacial score (nSPS) is 10.8. The molecule has 1 amide bonds. The molecular weight excluding hydrogens is 322 g/mol. The standard InChI is InChI=1S/C22H19N3O/c26-22(14-15-25-16-23-20-12-6-7-13-21(20)25)24-19-11-5-4-10-18(19)17-8-2-1-3-9-17/h1-13,16H,14-15H2,(H,24,26). The summed E-state index contributed by atoms with van der Waals surface area (Å²) in [6, 6.07) is 25.9. The van der Waals surface area contributed by atoms with Gasteiger partial charge in [0.05, 0.1) is 17.4 Å². The Balaban J connectivity index is 1.47. The summed E-state index contributed by atoms with van der Waals surface area (Å²) in [5, 5.41) is 3.05. The molecule has 0 unspecified atom stereocenters. The summed E-state index contributed by atoms with van der Waals surface area (Å²) in [6.07, 6.45) is 2.18. The van der Waals surface area contributed by atoms with Gasteiger partial charge in [-0.3, -0.25) is 4.79 Å². The van der Waals surface area contributed by atoms with E-state index in [1.54, 1.807) is 6.33 Å². The van der Waals surface area contributed by atoms with Gasteiger partial charge in [-0.05, 0) is 23.8 Å². The van der Waals surface area contributed by atoms with Crippen molar-refractivity contribution in [3.8, 4) is 11.1 Å². The molecule has 0 aliphatic heterocycles. The molecule has 0 bridgehead atoms. The molecule has 0 fully saturated rings. The summed E-state index contributed by atoms with van der Waals surface area (Å²) in [7, 11) is 0. The summed E-state index contributed by atoms with van der Waals surface area (Å²) in [5.41, 5.74) is 4.94. The zero-order chi connectivity index (χ0) is 17.8. The van der Waals surface area contributed by atoms with Gasteiger partial charge in [0.15, 0.2) is 0 Å². The molecule has 0 spiro atoms. The van der Waals surface area contributed by atoms with E-state index in [1.807, 2.05) is 83.4 Å². The van der Waals surface area contributed by atoms with Crippen molar-refractivity contribution in [3.63, 3.8) is 0 Å². The molecule has 0 aliphatic rings. The fourth-order valence-corrected chi connectivity index (χ4v) is 3.08. The molecule has 4 nitrogen and oxygen atoms in total. The van der Waals surface area contributed by atoms with Crippen LogP contribution >= 0.6 is 0 Å². The predicted molar refractivity (Wildman–Crippen MR) is 105 cm³/mol. The molecule has 0 radical (unpaired) electrons. The number of hydrogen-bond donors (Lipinski definition) is 1. The monoisotopic (exact) mass is 341 g/mol. The van der Waals surface area contributed by atoms with E-state index in [1.165, 1.54) is 0 Å². The number of imidazole rings is 1. The molecule has 1 aromatic heterocycles. The highest BCUT2D eigenvalue weighted by atomic mass is 16.1. The maximum absolute atomic E-state index is 12.5. The first-order valence-electron chi connectivity index (χ1n) is 8.65. The van der Waals surface area contributed by atoms with Gasteiger partial charge in [-0.1, -0.05) is 60.7 Å². The molecule has 4 aromatic rings. The lowest BCUT2D eigenvalue weighted by atomic mass is 10.0. The lowest BCUT2D eigenvalue weighted by molar-refractivity contribution is -0.116. The van der Waals surface area contributed by atoms with Crippen molar-refractivity contribution >= 4 is 22.6 Å². The predicted octanol–water partition coefficient (Wildman–Crippen LogP) is 4.73. The van der Waals surface area contributed by atoms with Crippen molar-refractivity contribution in [2.75, 3.05) is 5.32 Å². The van der Waals surface area contributed by atoms with Crippen molar-refractivity contribution in [1.29, 1.82) is 0 Å². The van der Waals surface area contributed by atoms with Crippen LogP contribution in [0, 0.1) is 0 Å². The first-order valence-corrected chi connectivity index (χ1v) is 8.65. The van der Waals surface area contributed by atoms with Crippen LogP contribution in [0.3, 0.4) is 0 Å². The minimum Gasteiger partial charge on any atom is -0.330 e. The average Bonchev–Trinajstić information content (AvgIpc) is 3.11. The lowest BCUT2D eigenvalue weighted by Crippen LogP contribution is -2.14. The largest absolute Gasteiger partial charge is 0.330 e. The van der Waals surface area contributed by atoms with Crippen molar-refractivity contribution in [2.24, 2.45) is 0 Å². The molecule has 0 saturated heterocycles. The zero-order valence-corrected chi connectivity index (χ0v) is 14.3. The Kier molecular flexibility index (Phi) is 4.48. The summed E-state index contributed by atoms with van der Waals surface area (Å²) >= 11 is 0. The molecule has 1 N–H and O–H groups in total. The van der Waals surface area contributed by atoms with Gasteiger partial charge in [0.1, 0.15) is 0 Å². The molecule has 0 atom stereocenters. The van der Waals surface area contributed by atoms with Crippen LogP contribution in [0.25, 0.3) is 22.2 Å². The number of fused-ring (bicyclic) bond motifs is 1. The fraction of sp³-hybridized carbons (Fsp3) is 0.0909. The van der Waals surface area contributed by atoms with E-state index < -0.39 is 0 Å². The van der Waals surface area contributed by atoms with Crippen LogP contribution in [0.4, 0.5) is 5.69 Å². The molecule has 0 saturated carbocycles. The topological polar surface area (TPSA) is 46.9 Å². The van der Waals surface area contributed by atoms with Gasteiger partial charge in [0.2, 0.25) is 5.91 Å². The number of benzene rings is 3. The minimum atomic E-state index is -0.00818. The number of rotatable bonds is 5. The number of amides is 1. The van der Waals surface area contributed by atoms with Gasteiger partial charge in [0, 0.05) is 24.2 Å². The Morgan fingerprint density at radius 1 is 0.885 bits per heavy atom. The maximum atomic E-state index is 12.5. The van der Waals surface area contributed by atoms with E-state index in [0.717, 1.165) is 27.8 Å². The van der Waals surface area contributed by atoms with E-state index in [4.69, 9.17) is 0 Å². The third-order valence-electron chi connectivity index (χ3n) is 4.39. The summed E-state index contributed by atoms with van der Waals surface area (Å²) in [4.78, 5) is 16.8. The molecule has 4 heteroatoms. The van der Waals surface area contributed by atoms with Crippen molar-refractivity contribution in [1.82, 2.24) is 9.55 Å². The highest BCUT2D eigenvalue weighted by Crippen LogP contribution is 2.27. The van der Waals surface area contributed by atoms with Crippen molar-refractivity contribution in [3.05, 3.63) is 85.2 Å². The first kappa shape index (κ1) is 16.1. The molecule has 0 aliphatic carbocycles. The van der Waals surface area contributed by atoms with E-state index in [9.17, 15) is 4.79 Å². The van der Waals surface area contributed by atoms with E-state index in [2.05, 4.69) is 10.3 Å². The average molecular weight is 341 g/mol. The second kappa shape index (κ2) is 7.23. The summed E-state index contributed by atoms with van der Waals surface area (Å²) in [5.74, 6) is -0.00818. The van der Waals surface area contributed by atoms with Gasteiger partial charge in [-0.25, -0.2) is 4.98 Å². The number of nitrogens with zero attached hydrogens (tertiary/aromatic N) is 2. The zero-order valence-electron chi connectivity index (χ0n) is 14.3. The summed E-state index contributed by atoms with van der Waals surface area (Å²) in [6.45, 7) is 0.597. The number of para-hydroxylation sites is 3. The van der Waals surface area contributed by atoms with Crippen molar-refractivity contribution in [2.45, 2.75) is 13.0 Å². The van der Waals surface area contributed by atoms with Crippen LogP contribution in [0.5, 0.6) is 0 Å². The highest BCUT2D eigenvalue weighted by Gasteiger charge is 2.09. The van der Waals surface area contributed by atoms with Gasteiger partial charge in [-0.15, -0.1) is 0 Å². The number of aromatic nitrogens is 2. The van der Waals surface area contributed by atoms with Crippen LogP contribution in [0.2, 0.25) is 0 Å². The lowest BCUT2D eigenvalue weighted by Gasteiger charge is -2.11. The van der Waals surface area contributed by atoms with Crippen LogP contribution in [-0.2, 0) is 11.3 Å². The van der Waals surface area contributed by atoms with Crippen LogP contribution in [0.1, 0.15) is 6.42 Å². The Hall–Kier alpha value is -3.40. The van der Waals surface area contributed by atoms with Gasteiger partial charge in [-0.2, -0.15) is 0 Å².